The van der Waals surface area contributed by atoms with Crippen LogP contribution in [0.1, 0.15) is 6.42 Å². The Bertz CT molecular complexity index is 589. The first-order valence-electron chi connectivity index (χ1n) is 5.21. The molecule has 18 heavy (non-hydrogen) atoms. The van der Waals surface area contributed by atoms with Gasteiger partial charge in [-0.15, -0.1) is 0 Å². The van der Waals surface area contributed by atoms with E-state index < -0.39 is 11.6 Å². The van der Waals surface area contributed by atoms with Gasteiger partial charge in [0, 0.05) is 30.6 Å². The van der Waals surface area contributed by atoms with Crippen molar-refractivity contribution < 1.29 is 8.78 Å². The zero-order valence-electron chi connectivity index (χ0n) is 9.31. The van der Waals surface area contributed by atoms with E-state index >= 15 is 0 Å². The molecule has 0 atom stereocenters. The SMILES string of the molecule is N#CCCSc1nccn1-c1ccc(F)cc1F. The normalized spacial score (nSPS) is 10.3. The monoisotopic (exact) mass is 265 g/mol. The summed E-state index contributed by atoms with van der Waals surface area (Å²) in [5.74, 6) is -0.679. The summed E-state index contributed by atoms with van der Waals surface area (Å²) in [5, 5.41) is 9.04. The molecule has 1 aromatic carbocycles. The number of benzene rings is 1. The molecule has 92 valence electrons. The summed E-state index contributed by atoms with van der Waals surface area (Å²) < 4.78 is 28.0. The van der Waals surface area contributed by atoms with E-state index in [0.29, 0.717) is 17.3 Å². The standard InChI is InChI=1S/C12H9F2N3S/c13-9-2-3-11(10(14)8-9)17-6-5-16-12(17)18-7-1-4-15/h2-3,5-6,8H,1,7H2. The molecule has 1 aromatic heterocycles. The van der Waals surface area contributed by atoms with Crippen molar-refractivity contribution >= 4 is 11.8 Å². The van der Waals surface area contributed by atoms with E-state index in [1.807, 2.05) is 6.07 Å². The van der Waals surface area contributed by atoms with Gasteiger partial charge in [-0.3, -0.25) is 4.57 Å². The average Bonchev–Trinajstić information content (AvgIpc) is 2.78. The van der Waals surface area contributed by atoms with Crippen LogP contribution in [0.15, 0.2) is 35.7 Å². The summed E-state index contributed by atoms with van der Waals surface area (Å²) in [6, 6.07) is 5.42. The van der Waals surface area contributed by atoms with E-state index in [1.54, 1.807) is 6.20 Å². The van der Waals surface area contributed by atoms with Crippen molar-refractivity contribution in [2.24, 2.45) is 0 Å². The first-order valence-corrected chi connectivity index (χ1v) is 6.19. The highest BCUT2D eigenvalue weighted by Crippen LogP contribution is 2.23. The number of aromatic nitrogens is 2. The van der Waals surface area contributed by atoms with Crippen LogP contribution in [0.2, 0.25) is 0 Å². The highest BCUT2D eigenvalue weighted by molar-refractivity contribution is 7.99. The van der Waals surface area contributed by atoms with E-state index in [1.165, 1.54) is 34.7 Å². The Hall–Kier alpha value is -1.87. The Morgan fingerprint density at radius 1 is 1.39 bits per heavy atom. The molecular formula is C12H9F2N3S. The lowest BCUT2D eigenvalue weighted by atomic mass is 10.3. The molecule has 0 bridgehead atoms. The quantitative estimate of drug-likeness (QED) is 0.630. The van der Waals surface area contributed by atoms with Gasteiger partial charge in [0.1, 0.15) is 11.6 Å². The number of imidazole rings is 1. The topological polar surface area (TPSA) is 41.6 Å². The minimum atomic E-state index is -0.643. The summed E-state index contributed by atoms with van der Waals surface area (Å²) in [4.78, 5) is 4.08. The maximum absolute atomic E-state index is 13.6. The number of rotatable bonds is 4. The van der Waals surface area contributed by atoms with Gasteiger partial charge in [-0.1, -0.05) is 11.8 Å². The van der Waals surface area contributed by atoms with Crippen LogP contribution in [0.3, 0.4) is 0 Å². The minimum Gasteiger partial charge on any atom is -0.292 e. The van der Waals surface area contributed by atoms with Crippen LogP contribution in [0.25, 0.3) is 5.69 Å². The fourth-order valence-electron chi connectivity index (χ4n) is 1.44. The molecule has 2 aromatic rings. The van der Waals surface area contributed by atoms with Crippen LogP contribution in [-0.2, 0) is 0 Å². The lowest BCUT2D eigenvalue weighted by Gasteiger charge is -2.07. The molecule has 0 unspecified atom stereocenters. The van der Waals surface area contributed by atoms with Gasteiger partial charge >= 0.3 is 0 Å². The van der Waals surface area contributed by atoms with Crippen LogP contribution < -0.4 is 0 Å². The Morgan fingerprint density at radius 3 is 2.94 bits per heavy atom. The van der Waals surface area contributed by atoms with Crippen molar-refractivity contribution in [2.75, 3.05) is 5.75 Å². The first kappa shape index (κ1) is 12.6. The molecule has 0 aliphatic carbocycles. The zero-order chi connectivity index (χ0) is 13.0. The molecule has 0 aliphatic heterocycles. The van der Waals surface area contributed by atoms with Crippen molar-refractivity contribution in [3.05, 3.63) is 42.2 Å². The smallest absolute Gasteiger partial charge is 0.172 e. The molecule has 0 radical (unpaired) electrons. The van der Waals surface area contributed by atoms with Crippen molar-refractivity contribution in [1.29, 1.82) is 5.26 Å². The third-order valence-electron chi connectivity index (χ3n) is 2.22. The zero-order valence-corrected chi connectivity index (χ0v) is 10.1. The number of hydrogen-bond donors (Lipinski definition) is 0. The largest absolute Gasteiger partial charge is 0.292 e. The third kappa shape index (κ3) is 2.68. The van der Waals surface area contributed by atoms with Crippen LogP contribution in [0, 0.1) is 23.0 Å². The van der Waals surface area contributed by atoms with Crippen LogP contribution in [0.4, 0.5) is 8.78 Å². The van der Waals surface area contributed by atoms with Crippen molar-refractivity contribution in [2.45, 2.75) is 11.6 Å². The Balaban J connectivity index is 2.28. The first-order chi connectivity index (χ1) is 8.72. The highest BCUT2D eigenvalue weighted by atomic mass is 32.2. The van der Waals surface area contributed by atoms with Crippen molar-refractivity contribution in [1.82, 2.24) is 9.55 Å². The summed E-state index contributed by atoms with van der Waals surface area (Å²) in [7, 11) is 0. The van der Waals surface area contributed by atoms with Gasteiger partial charge in [0.25, 0.3) is 0 Å². The average molecular weight is 265 g/mol. The van der Waals surface area contributed by atoms with E-state index in [2.05, 4.69) is 4.98 Å². The molecular weight excluding hydrogens is 256 g/mol. The minimum absolute atomic E-state index is 0.244. The fourth-order valence-corrected chi connectivity index (χ4v) is 2.25. The van der Waals surface area contributed by atoms with Crippen LogP contribution in [0.5, 0.6) is 0 Å². The predicted octanol–water partition coefficient (Wildman–Crippen LogP) is 3.16. The number of nitriles is 1. The van der Waals surface area contributed by atoms with E-state index in [9.17, 15) is 8.78 Å². The second-order valence-corrected chi connectivity index (χ2v) is 4.49. The van der Waals surface area contributed by atoms with Gasteiger partial charge in [-0.05, 0) is 12.1 Å². The molecule has 0 amide bonds. The molecule has 2 rings (SSSR count). The van der Waals surface area contributed by atoms with E-state index in [0.717, 1.165) is 6.07 Å². The maximum Gasteiger partial charge on any atom is 0.172 e. The fraction of sp³-hybridized carbons (Fsp3) is 0.167. The number of nitrogens with zero attached hydrogens (tertiary/aromatic N) is 3. The molecule has 1 heterocycles. The van der Waals surface area contributed by atoms with Gasteiger partial charge < -0.3 is 0 Å². The molecule has 0 N–H and O–H groups in total. The van der Waals surface area contributed by atoms with Gasteiger partial charge in [0.2, 0.25) is 0 Å². The van der Waals surface area contributed by atoms with Crippen molar-refractivity contribution in [3.8, 4) is 11.8 Å². The molecule has 3 nitrogen and oxygen atoms in total. The van der Waals surface area contributed by atoms with E-state index in [-0.39, 0.29) is 5.69 Å². The number of halogens is 2. The summed E-state index contributed by atoms with van der Waals surface area (Å²) in [6.07, 6.45) is 3.53. The number of hydrogen-bond acceptors (Lipinski definition) is 3. The molecule has 0 fully saturated rings. The van der Waals surface area contributed by atoms with Gasteiger partial charge in [0.15, 0.2) is 5.16 Å². The molecule has 0 saturated heterocycles. The van der Waals surface area contributed by atoms with Gasteiger partial charge in [-0.25, -0.2) is 13.8 Å². The Labute approximate surface area is 107 Å². The summed E-state index contributed by atoms with van der Waals surface area (Å²) in [5.41, 5.74) is 0.244. The second-order valence-electron chi connectivity index (χ2n) is 3.43. The molecule has 0 aliphatic rings. The van der Waals surface area contributed by atoms with Gasteiger partial charge in [-0.2, -0.15) is 5.26 Å². The third-order valence-corrected chi connectivity index (χ3v) is 3.19. The lowest BCUT2D eigenvalue weighted by Crippen LogP contribution is -1.99. The highest BCUT2D eigenvalue weighted by Gasteiger charge is 2.10. The summed E-state index contributed by atoms with van der Waals surface area (Å²) in [6.45, 7) is 0. The lowest BCUT2D eigenvalue weighted by molar-refractivity contribution is 0.575. The predicted molar refractivity (Wildman–Crippen MR) is 64.4 cm³/mol. The van der Waals surface area contributed by atoms with Crippen LogP contribution in [-0.4, -0.2) is 15.3 Å². The van der Waals surface area contributed by atoms with Crippen LogP contribution >= 0.6 is 11.8 Å². The molecule has 6 heteroatoms. The second kappa shape index (κ2) is 5.65. The Kier molecular flexibility index (Phi) is 3.95. The Morgan fingerprint density at radius 2 is 2.22 bits per heavy atom. The molecule has 0 spiro atoms. The molecule has 0 saturated carbocycles. The van der Waals surface area contributed by atoms with Crippen molar-refractivity contribution in [3.63, 3.8) is 0 Å². The number of thioether (sulfide) groups is 1. The summed E-state index contributed by atoms with van der Waals surface area (Å²) >= 11 is 1.35. The maximum atomic E-state index is 13.6. The van der Waals surface area contributed by atoms with Gasteiger partial charge in [0.05, 0.1) is 11.8 Å². The van der Waals surface area contributed by atoms with E-state index in [4.69, 9.17) is 5.26 Å².